The van der Waals surface area contributed by atoms with Crippen LogP contribution in [-0.2, 0) is 22.5 Å². The predicted octanol–water partition coefficient (Wildman–Crippen LogP) is 2.73. The van der Waals surface area contributed by atoms with Crippen LogP contribution in [0.15, 0.2) is 36.7 Å². The molecule has 2 aliphatic rings. The number of nitrogens with zero attached hydrogens (tertiary/aromatic N) is 4. The Morgan fingerprint density at radius 3 is 2.78 bits per heavy atom. The summed E-state index contributed by atoms with van der Waals surface area (Å²) >= 11 is 0. The zero-order valence-corrected chi connectivity index (χ0v) is 18.4. The Hall–Kier alpha value is -3.31. The number of rotatable bonds is 4. The number of nitrogens with one attached hydrogen (secondary N) is 1. The maximum Gasteiger partial charge on any atom is 0.237 e. The number of carbonyl (C=O) groups is 1. The van der Waals surface area contributed by atoms with Crippen LogP contribution < -0.4 is 5.73 Å². The molecular weight excluding hydrogens is 404 g/mol. The van der Waals surface area contributed by atoms with Crippen molar-refractivity contribution in [3.8, 4) is 6.07 Å². The third-order valence-corrected chi connectivity index (χ3v) is 7.06. The van der Waals surface area contributed by atoms with E-state index in [1.165, 1.54) is 4.90 Å². The molecule has 3 N–H and O–H groups in total. The molecule has 1 aromatic heterocycles. The highest BCUT2D eigenvalue weighted by Gasteiger charge is 2.54. The maximum atomic E-state index is 14.0. The molecule has 8 nitrogen and oxygen atoms in total. The van der Waals surface area contributed by atoms with Gasteiger partial charge in [0.1, 0.15) is 5.82 Å². The van der Waals surface area contributed by atoms with E-state index in [9.17, 15) is 10.1 Å². The third-order valence-electron chi connectivity index (χ3n) is 7.06. The fraction of sp³-hybridized carbons (Fsp3) is 0.458. The Kier molecular flexibility index (Phi) is 5.94. The molecule has 1 saturated carbocycles. The fourth-order valence-electron chi connectivity index (χ4n) is 5.65. The normalized spacial score (nSPS) is 26.3. The predicted molar refractivity (Wildman–Crippen MR) is 118 cm³/mol. The molecule has 1 heterocycles. The SMILES string of the molecule is CO[C@H]1CC[C@@]2(Cc3ccc(C#N)cc3[C@H]2C(=O)N(Cc2ncccn2)C(=N)N)C[C@@H]1C. The van der Waals surface area contributed by atoms with E-state index in [4.69, 9.17) is 15.9 Å². The van der Waals surface area contributed by atoms with E-state index in [1.807, 2.05) is 18.2 Å². The van der Waals surface area contributed by atoms with Gasteiger partial charge >= 0.3 is 0 Å². The van der Waals surface area contributed by atoms with Crippen LogP contribution >= 0.6 is 0 Å². The number of methoxy groups -OCH3 is 1. The molecule has 32 heavy (non-hydrogen) atoms. The minimum absolute atomic E-state index is 0.0328. The number of amides is 1. The maximum absolute atomic E-state index is 14.0. The van der Waals surface area contributed by atoms with Crippen molar-refractivity contribution in [1.82, 2.24) is 14.9 Å². The summed E-state index contributed by atoms with van der Waals surface area (Å²) in [5.74, 6) is -0.343. The van der Waals surface area contributed by atoms with Gasteiger partial charge in [-0.15, -0.1) is 0 Å². The highest BCUT2D eigenvalue weighted by atomic mass is 16.5. The van der Waals surface area contributed by atoms with Crippen molar-refractivity contribution in [2.24, 2.45) is 17.1 Å². The number of nitrogens with two attached hydrogens (primary N) is 1. The Morgan fingerprint density at radius 1 is 1.41 bits per heavy atom. The molecule has 2 aromatic rings. The van der Waals surface area contributed by atoms with Crippen molar-refractivity contribution in [3.63, 3.8) is 0 Å². The van der Waals surface area contributed by atoms with Crippen molar-refractivity contribution in [2.45, 2.75) is 51.2 Å². The smallest absolute Gasteiger partial charge is 0.237 e. The topological polar surface area (TPSA) is 129 Å². The van der Waals surface area contributed by atoms with E-state index in [0.29, 0.717) is 11.4 Å². The second kappa shape index (κ2) is 8.67. The van der Waals surface area contributed by atoms with E-state index >= 15 is 0 Å². The third kappa shape index (κ3) is 3.84. The van der Waals surface area contributed by atoms with Gasteiger partial charge in [-0.05, 0) is 66.3 Å². The monoisotopic (exact) mass is 432 g/mol. The number of benzene rings is 1. The lowest BCUT2D eigenvalue weighted by molar-refractivity contribution is -0.134. The number of hydrogen-bond donors (Lipinski definition) is 2. The van der Waals surface area contributed by atoms with E-state index in [0.717, 1.165) is 36.8 Å². The van der Waals surface area contributed by atoms with Crippen LogP contribution in [0.5, 0.6) is 0 Å². The van der Waals surface area contributed by atoms with Gasteiger partial charge in [-0.25, -0.2) is 9.97 Å². The van der Waals surface area contributed by atoms with Crippen LogP contribution in [0, 0.1) is 28.1 Å². The number of hydrogen-bond acceptors (Lipinski definition) is 6. The Morgan fingerprint density at radius 2 is 2.16 bits per heavy atom. The molecule has 0 bridgehead atoms. The van der Waals surface area contributed by atoms with E-state index in [2.05, 4.69) is 23.0 Å². The molecule has 0 aliphatic heterocycles. The number of guanidine groups is 1. The van der Waals surface area contributed by atoms with Crippen LogP contribution in [0.2, 0.25) is 0 Å². The molecule has 1 amide bonds. The summed E-state index contributed by atoms with van der Waals surface area (Å²) in [4.78, 5) is 23.7. The van der Waals surface area contributed by atoms with Gasteiger partial charge in [0.05, 0.1) is 30.2 Å². The summed E-state index contributed by atoms with van der Waals surface area (Å²) < 4.78 is 5.67. The first-order chi connectivity index (χ1) is 15.4. The molecule has 0 saturated heterocycles. The van der Waals surface area contributed by atoms with Crippen molar-refractivity contribution < 1.29 is 9.53 Å². The first-order valence-corrected chi connectivity index (χ1v) is 10.9. The molecule has 0 unspecified atom stereocenters. The molecule has 8 heteroatoms. The Bertz CT molecular complexity index is 1070. The van der Waals surface area contributed by atoms with Gasteiger partial charge < -0.3 is 10.5 Å². The fourth-order valence-corrected chi connectivity index (χ4v) is 5.65. The van der Waals surface area contributed by atoms with Gasteiger partial charge in [-0.2, -0.15) is 5.26 Å². The summed E-state index contributed by atoms with van der Waals surface area (Å²) in [6.07, 6.45) is 6.65. The molecular formula is C24H28N6O2. The van der Waals surface area contributed by atoms with Gasteiger partial charge in [0.15, 0.2) is 5.96 Å². The Labute approximate surface area is 187 Å². The molecule has 4 atom stereocenters. The molecule has 4 rings (SSSR count). The van der Waals surface area contributed by atoms with Crippen LogP contribution in [-0.4, -0.2) is 39.9 Å². The number of fused-ring (bicyclic) bond motifs is 1. The molecule has 2 aliphatic carbocycles. The molecule has 1 fully saturated rings. The van der Waals surface area contributed by atoms with E-state index in [1.54, 1.807) is 25.6 Å². The van der Waals surface area contributed by atoms with Gasteiger partial charge in [0.2, 0.25) is 5.91 Å². The lowest BCUT2D eigenvalue weighted by Gasteiger charge is -2.45. The van der Waals surface area contributed by atoms with E-state index in [-0.39, 0.29) is 35.8 Å². The number of carbonyl (C=O) groups excluding carboxylic acids is 1. The Balaban J connectivity index is 1.75. The first kappa shape index (κ1) is 21.9. The van der Waals surface area contributed by atoms with Crippen LogP contribution in [0.1, 0.15) is 54.6 Å². The quantitative estimate of drug-likeness (QED) is 0.564. The van der Waals surface area contributed by atoms with E-state index < -0.39 is 5.92 Å². The van der Waals surface area contributed by atoms with Gasteiger partial charge in [0.25, 0.3) is 0 Å². The summed E-state index contributed by atoms with van der Waals surface area (Å²) in [5, 5.41) is 17.6. The summed E-state index contributed by atoms with van der Waals surface area (Å²) in [6, 6.07) is 9.50. The standard InChI is InChI=1S/C24H28N6O2/c1-15-11-24(7-6-19(15)32-2)12-17-5-4-16(13-25)10-18(17)21(24)22(31)30(23(26)27)14-20-28-8-3-9-29-20/h3-5,8-10,15,19,21H,6-7,11-12,14H2,1-2H3,(H3,26,27)/t15-,19-,21-,24-/m0/s1. The minimum atomic E-state index is -0.487. The average Bonchev–Trinajstić information content (AvgIpc) is 3.09. The average molecular weight is 433 g/mol. The molecule has 166 valence electrons. The van der Waals surface area contributed by atoms with Gasteiger partial charge in [0, 0.05) is 19.5 Å². The highest BCUT2D eigenvalue weighted by Crippen LogP contribution is 2.57. The summed E-state index contributed by atoms with van der Waals surface area (Å²) in [6.45, 7) is 2.20. The largest absolute Gasteiger partial charge is 0.381 e. The van der Waals surface area contributed by atoms with Gasteiger partial charge in [-0.1, -0.05) is 13.0 Å². The van der Waals surface area contributed by atoms with Crippen molar-refractivity contribution >= 4 is 11.9 Å². The first-order valence-electron chi connectivity index (χ1n) is 10.9. The van der Waals surface area contributed by atoms with Crippen LogP contribution in [0.3, 0.4) is 0 Å². The van der Waals surface area contributed by atoms with Crippen molar-refractivity contribution in [2.75, 3.05) is 7.11 Å². The molecule has 1 aromatic carbocycles. The summed E-state index contributed by atoms with van der Waals surface area (Å²) in [7, 11) is 1.74. The lowest BCUT2D eigenvalue weighted by atomic mass is 9.62. The number of ether oxygens (including phenoxy) is 1. The minimum Gasteiger partial charge on any atom is -0.381 e. The zero-order chi connectivity index (χ0) is 22.9. The molecule has 1 spiro atoms. The number of aromatic nitrogens is 2. The van der Waals surface area contributed by atoms with Gasteiger partial charge in [-0.3, -0.25) is 15.1 Å². The van der Waals surface area contributed by atoms with Crippen molar-refractivity contribution in [1.29, 1.82) is 10.7 Å². The second-order valence-corrected chi connectivity index (χ2v) is 8.97. The van der Waals surface area contributed by atoms with Crippen LogP contribution in [0.4, 0.5) is 0 Å². The lowest BCUT2D eigenvalue weighted by Crippen LogP contribution is -2.49. The zero-order valence-electron chi connectivity index (χ0n) is 18.4. The second-order valence-electron chi connectivity index (χ2n) is 8.97. The highest BCUT2D eigenvalue weighted by molar-refractivity contribution is 5.99. The van der Waals surface area contributed by atoms with Crippen LogP contribution in [0.25, 0.3) is 0 Å². The van der Waals surface area contributed by atoms with Crippen molar-refractivity contribution in [3.05, 3.63) is 59.2 Å². The number of nitriles is 1. The molecule has 0 radical (unpaired) electrons. The summed E-state index contributed by atoms with van der Waals surface area (Å²) in [5.41, 5.74) is 8.07.